The molecule has 0 heterocycles. The van der Waals surface area contributed by atoms with Crippen molar-refractivity contribution in [3.8, 4) is 5.75 Å². The van der Waals surface area contributed by atoms with Crippen molar-refractivity contribution >= 4 is 27.7 Å². The van der Waals surface area contributed by atoms with Gasteiger partial charge < -0.3 is 10.1 Å². The standard InChI is InChI=1S/C15H22BrNOS/c1-18-13-5-6-14(16)12(9-13)10-17-11-15(19-2)7-3-4-8-15/h5-6,9,17H,3-4,7-8,10-11H2,1-2H3. The minimum Gasteiger partial charge on any atom is -0.497 e. The van der Waals surface area contributed by atoms with Gasteiger partial charge in [-0.25, -0.2) is 0 Å². The Morgan fingerprint density at radius 2 is 2.11 bits per heavy atom. The normalized spacial score (nSPS) is 17.6. The molecule has 0 atom stereocenters. The molecule has 4 heteroatoms. The lowest BCUT2D eigenvalue weighted by Crippen LogP contribution is -2.34. The first-order valence-corrected chi connectivity index (χ1v) is 8.79. The average Bonchev–Trinajstić information content (AvgIpc) is 2.90. The smallest absolute Gasteiger partial charge is 0.119 e. The number of methoxy groups -OCH3 is 1. The number of nitrogens with one attached hydrogen (secondary N) is 1. The monoisotopic (exact) mass is 343 g/mol. The molecule has 1 saturated carbocycles. The molecule has 0 saturated heterocycles. The molecule has 0 aliphatic heterocycles. The van der Waals surface area contributed by atoms with Gasteiger partial charge in [-0.15, -0.1) is 0 Å². The largest absolute Gasteiger partial charge is 0.497 e. The third-order valence-corrected chi connectivity index (χ3v) is 6.16. The molecule has 2 rings (SSSR count). The van der Waals surface area contributed by atoms with Gasteiger partial charge in [0.15, 0.2) is 0 Å². The fourth-order valence-electron chi connectivity index (χ4n) is 2.71. The summed E-state index contributed by atoms with van der Waals surface area (Å²) < 4.78 is 6.89. The summed E-state index contributed by atoms with van der Waals surface area (Å²) in [7, 11) is 1.71. The number of benzene rings is 1. The summed E-state index contributed by atoms with van der Waals surface area (Å²) in [5.74, 6) is 0.917. The highest BCUT2D eigenvalue weighted by molar-refractivity contribution is 9.10. The van der Waals surface area contributed by atoms with Crippen molar-refractivity contribution in [3.05, 3.63) is 28.2 Å². The van der Waals surface area contributed by atoms with Crippen LogP contribution in [-0.2, 0) is 6.54 Å². The van der Waals surface area contributed by atoms with Gasteiger partial charge in [-0.3, -0.25) is 0 Å². The minimum atomic E-state index is 0.464. The Hall–Kier alpha value is -0.190. The lowest BCUT2D eigenvalue weighted by molar-refractivity contribution is 0.414. The number of hydrogen-bond acceptors (Lipinski definition) is 3. The van der Waals surface area contributed by atoms with Crippen LogP contribution in [0.15, 0.2) is 22.7 Å². The van der Waals surface area contributed by atoms with Gasteiger partial charge in [-0.2, -0.15) is 11.8 Å². The average molecular weight is 344 g/mol. The van der Waals surface area contributed by atoms with E-state index >= 15 is 0 Å². The molecule has 0 spiro atoms. The van der Waals surface area contributed by atoms with E-state index in [0.29, 0.717) is 4.75 Å². The topological polar surface area (TPSA) is 21.3 Å². The van der Waals surface area contributed by atoms with Gasteiger partial charge in [-0.05, 0) is 42.9 Å². The third kappa shape index (κ3) is 3.89. The Bertz CT molecular complexity index is 419. The van der Waals surface area contributed by atoms with Gasteiger partial charge in [0.1, 0.15) is 5.75 Å². The number of thioether (sulfide) groups is 1. The van der Waals surface area contributed by atoms with E-state index in [1.165, 1.54) is 31.2 Å². The highest BCUT2D eigenvalue weighted by atomic mass is 79.9. The lowest BCUT2D eigenvalue weighted by atomic mass is 10.1. The van der Waals surface area contributed by atoms with E-state index in [2.05, 4.69) is 39.6 Å². The zero-order chi connectivity index (χ0) is 13.7. The molecular formula is C15H22BrNOS. The van der Waals surface area contributed by atoms with E-state index in [-0.39, 0.29) is 0 Å². The van der Waals surface area contributed by atoms with E-state index in [9.17, 15) is 0 Å². The number of ether oxygens (including phenoxy) is 1. The summed E-state index contributed by atoms with van der Waals surface area (Å²) in [6, 6.07) is 6.13. The van der Waals surface area contributed by atoms with Gasteiger partial charge in [0.05, 0.1) is 7.11 Å². The van der Waals surface area contributed by atoms with Crippen molar-refractivity contribution in [2.45, 2.75) is 37.0 Å². The Morgan fingerprint density at radius 3 is 2.74 bits per heavy atom. The van der Waals surface area contributed by atoms with Gasteiger partial charge in [0, 0.05) is 22.3 Å². The molecule has 1 aromatic carbocycles. The molecule has 1 aliphatic carbocycles. The fourth-order valence-corrected chi connectivity index (χ4v) is 4.04. The van der Waals surface area contributed by atoms with Crippen LogP contribution >= 0.6 is 27.7 Å². The minimum absolute atomic E-state index is 0.464. The molecule has 0 aromatic heterocycles. The maximum atomic E-state index is 5.28. The van der Waals surface area contributed by atoms with Gasteiger partial charge in [0.25, 0.3) is 0 Å². The molecule has 1 N–H and O–H groups in total. The van der Waals surface area contributed by atoms with Crippen LogP contribution in [0.4, 0.5) is 0 Å². The predicted molar refractivity (Wildman–Crippen MR) is 87.1 cm³/mol. The van der Waals surface area contributed by atoms with Crippen molar-refractivity contribution in [3.63, 3.8) is 0 Å². The number of halogens is 1. The maximum Gasteiger partial charge on any atom is 0.119 e. The van der Waals surface area contributed by atoms with Gasteiger partial charge in [0.2, 0.25) is 0 Å². The molecule has 0 bridgehead atoms. The first-order chi connectivity index (χ1) is 9.19. The third-order valence-electron chi connectivity index (χ3n) is 3.96. The van der Waals surface area contributed by atoms with E-state index in [4.69, 9.17) is 4.74 Å². The van der Waals surface area contributed by atoms with E-state index in [1.54, 1.807) is 7.11 Å². The summed E-state index contributed by atoms with van der Waals surface area (Å²) in [4.78, 5) is 0. The number of rotatable bonds is 6. The second-order valence-electron chi connectivity index (χ2n) is 5.16. The molecule has 19 heavy (non-hydrogen) atoms. The van der Waals surface area contributed by atoms with Crippen LogP contribution in [0.3, 0.4) is 0 Å². The highest BCUT2D eigenvalue weighted by Gasteiger charge is 2.32. The molecule has 2 nitrogen and oxygen atoms in total. The van der Waals surface area contributed by atoms with Crippen LogP contribution in [0.25, 0.3) is 0 Å². The van der Waals surface area contributed by atoms with Gasteiger partial charge in [-0.1, -0.05) is 28.8 Å². The van der Waals surface area contributed by atoms with Crippen LogP contribution in [0, 0.1) is 0 Å². The van der Waals surface area contributed by atoms with E-state index in [1.807, 2.05) is 17.8 Å². The van der Waals surface area contributed by atoms with Crippen molar-refractivity contribution < 1.29 is 4.74 Å². The van der Waals surface area contributed by atoms with Crippen molar-refractivity contribution in [1.29, 1.82) is 0 Å². The summed E-state index contributed by atoms with van der Waals surface area (Å²) in [5.41, 5.74) is 1.26. The quantitative estimate of drug-likeness (QED) is 0.835. The summed E-state index contributed by atoms with van der Waals surface area (Å²) in [6.07, 6.45) is 7.70. The summed E-state index contributed by atoms with van der Waals surface area (Å²) in [5, 5.41) is 3.62. The SMILES string of the molecule is COc1ccc(Br)c(CNCC2(SC)CCCC2)c1. The fraction of sp³-hybridized carbons (Fsp3) is 0.600. The van der Waals surface area contributed by atoms with Crippen molar-refractivity contribution in [1.82, 2.24) is 5.32 Å². The molecule has 1 aliphatic rings. The van der Waals surface area contributed by atoms with Crippen LogP contribution < -0.4 is 10.1 Å². The Kier molecular flexibility index (Phi) is 5.60. The number of hydrogen-bond donors (Lipinski definition) is 1. The molecular weight excluding hydrogens is 322 g/mol. The molecule has 0 amide bonds. The van der Waals surface area contributed by atoms with E-state index < -0.39 is 0 Å². The van der Waals surface area contributed by atoms with Crippen LogP contribution in [0.2, 0.25) is 0 Å². The second kappa shape index (κ2) is 7.00. The Balaban J connectivity index is 1.91. The van der Waals surface area contributed by atoms with Crippen LogP contribution in [-0.4, -0.2) is 24.7 Å². The second-order valence-corrected chi connectivity index (χ2v) is 7.28. The first kappa shape index (κ1) is 15.2. The molecule has 1 aromatic rings. The zero-order valence-electron chi connectivity index (χ0n) is 11.7. The predicted octanol–water partition coefficient (Wildman–Crippen LogP) is 4.22. The maximum absolute atomic E-state index is 5.28. The summed E-state index contributed by atoms with van der Waals surface area (Å²) >= 11 is 5.63. The van der Waals surface area contributed by atoms with Gasteiger partial charge >= 0.3 is 0 Å². The molecule has 0 unspecified atom stereocenters. The highest BCUT2D eigenvalue weighted by Crippen LogP contribution is 2.39. The first-order valence-electron chi connectivity index (χ1n) is 6.77. The van der Waals surface area contributed by atoms with Crippen molar-refractivity contribution in [2.24, 2.45) is 0 Å². The van der Waals surface area contributed by atoms with Crippen LogP contribution in [0.1, 0.15) is 31.2 Å². The lowest BCUT2D eigenvalue weighted by Gasteiger charge is -2.27. The van der Waals surface area contributed by atoms with Crippen LogP contribution in [0.5, 0.6) is 5.75 Å². The van der Waals surface area contributed by atoms with Crippen molar-refractivity contribution in [2.75, 3.05) is 19.9 Å². The Labute approximate surface area is 128 Å². The zero-order valence-corrected chi connectivity index (χ0v) is 14.1. The Morgan fingerprint density at radius 1 is 1.37 bits per heavy atom. The molecule has 0 radical (unpaired) electrons. The molecule has 106 valence electrons. The van der Waals surface area contributed by atoms with E-state index in [0.717, 1.165) is 23.3 Å². The summed E-state index contributed by atoms with van der Waals surface area (Å²) in [6.45, 7) is 1.98. The molecule has 1 fully saturated rings.